The number of carbonyl (C=O) groups is 4. The molecule has 0 radical (unpaired) electrons. The Labute approximate surface area is 229 Å². The summed E-state index contributed by atoms with van der Waals surface area (Å²) in [6.07, 6.45) is 0.134. The minimum Gasteiger partial charge on any atom is -0.480 e. The molecule has 0 aromatic heterocycles. The number of nitrogens with two attached hydrogens (primary N) is 1. The van der Waals surface area contributed by atoms with Crippen LogP contribution in [0.15, 0.2) is 18.2 Å². The third-order valence-corrected chi connectivity index (χ3v) is 5.44. The van der Waals surface area contributed by atoms with Crippen LogP contribution in [0.2, 0.25) is 0 Å². The number of hydrogen-bond acceptors (Lipinski definition) is 11. The molecule has 12 heteroatoms. The molecule has 0 saturated carbocycles. The molecule has 3 N–H and O–H groups in total. The van der Waals surface area contributed by atoms with E-state index in [9.17, 15) is 24.3 Å². The van der Waals surface area contributed by atoms with Crippen molar-refractivity contribution in [2.24, 2.45) is 5.73 Å². The van der Waals surface area contributed by atoms with E-state index in [1.807, 2.05) is 20.8 Å². The smallest absolute Gasteiger partial charge is 0.480 e. The van der Waals surface area contributed by atoms with Crippen molar-refractivity contribution >= 4 is 24.4 Å². The predicted octanol–water partition coefficient (Wildman–Crippen LogP) is 5.37. The Balaban J connectivity index is 3.07. The van der Waals surface area contributed by atoms with Crippen molar-refractivity contribution in [1.29, 1.82) is 0 Å². The summed E-state index contributed by atoms with van der Waals surface area (Å²) in [5, 5.41) is 9.87. The second-order valence-electron chi connectivity index (χ2n) is 9.11. The third kappa shape index (κ3) is 13.2. The van der Waals surface area contributed by atoms with E-state index in [2.05, 4.69) is 0 Å². The molecule has 0 aliphatic carbocycles. The van der Waals surface area contributed by atoms with Crippen molar-refractivity contribution in [2.75, 3.05) is 19.8 Å². The molecule has 39 heavy (non-hydrogen) atoms. The summed E-state index contributed by atoms with van der Waals surface area (Å²) in [6, 6.07) is 4.13. The maximum absolute atomic E-state index is 12.2. The number of carboxylic acids is 1. The highest BCUT2D eigenvalue weighted by Crippen LogP contribution is 2.31. The Morgan fingerprint density at radius 3 is 1.79 bits per heavy atom. The van der Waals surface area contributed by atoms with Crippen LogP contribution in [0, 0.1) is 0 Å². The first-order valence-corrected chi connectivity index (χ1v) is 13.2. The fourth-order valence-corrected chi connectivity index (χ4v) is 3.32. The largest absolute Gasteiger partial charge is 0.513 e. The Kier molecular flexibility index (Phi) is 15.3. The van der Waals surface area contributed by atoms with Gasteiger partial charge in [0, 0.05) is 12.8 Å². The lowest BCUT2D eigenvalue weighted by Crippen LogP contribution is -2.52. The number of carboxylic acid groups (broad SMARTS) is 1. The minimum absolute atomic E-state index is 0.128. The number of benzene rings is 1. The first-order chi connectivity index (χ1) is 18.5. The van der Waals surface area contributed by atoms with Crippen LogP contribution < -0.4 is 15.2 Å². The van der Waals surface area contributed by atoms with Crippen molar-refractivity contribution in [3.8, 4) is 11.5 Å². The van der Waals surface area contributed by atoms with Gasteiger partial charge in [-0.2, -0.15) is 0 Å². The Morgan fingerprint density at radius 1 is 0.821 bits per heavy atom. The molecule has 0 aliphatic heterocycles. The van der Waals surface area contributed by atoms with Gasteiger partial charge in [0.1, 0.15) is 11.6 Å². The molecule has 0 heterocycles. The van der Waals surface area contributed by atoms with Crippen LogP contribution >= 0.6 is 0 Å². The Hall–Kier alpha value is -3.54. The molecule has 0 unspecified atom stereocenters. The van der Waals surface area contributed by atoms with Crippen molar-refractivity contribution < 1.29 is 52.7 Å². The van der Waals surface area contributed by atoms with E-state index in [1.54, 1.807) is 0 Å². The second kappa shape index (κ2) is 17.9. The Morgan fingerprint density at radius 2 is 1.31 bits per heavy atom. The van der Waals surface area contributed by atoms with Gasteiger partial charge in [-0.25, -0.2) is 14.4 Å². The molecule has 12 nitrogen and oxygen atoms in total. The number of hydrogen-bond donors (Lipinski definition) is 2. The van der Waals surface area contributed by atoms with E-state index in [-0.39, 0.29) is 44.2 Å². The van der Waals surface area contributed by atoms with Crippen LogP contribution in [0.3, 0.4) is 0 Å². The molecule has 0 bridgehead atoms. The predicted molar refractivity (Wildman–Crippen MR) is 140 cm³/mol. The highest BCUT2D eigenvalue weighted by Gasteiger charge is 2.37. The van der Waals surface area contributed by atoms with Crippen LogP contribution in [0.1, 0.15) is 78.2 Å². The van der Waals surface area contributed by atoms with E-state index in [0.717, 1.165) is 19.3 Å². The molecule has 1 rings (SSSR count). The topological polar surface area (TPSA) is 170 Å². The van der Waals surface area contributed by atoms with Gasteiger partial charge in [-0.15, -0.1) is 0 Å². The fraction of sp³-hybridized carbons (Fsp3) is 0.630. The summed E-state index contributed by atoms with van der Waals surface area (Å²) in [5.74, 6) is -1.64. The summed E-state index contributed by atoms with van der Waals surface area (Å²) >= 11 is 0. The molecule has 0 amide bonds. The first-order valence-electron chi connectivity index (χ1n) is 13.2. The number of rotatable bonds is 17. The maximum atomic E-state index is 12.2. The Bertz CT molecular complexity index is 936. The van der Waals surface area contributed by atoms with Crippen LogP contribution in [0.4, 0.5) is 14.4 Å². The van der Waals surface area contributed by atoms with E-state index in [4.69, 9.17) is 34.2 Å². The first kappa shape index (κ1) is 33.5. The number of unbranched alkanes of at least 4 members (excludes halogenated alkanes) is 3. The van der Waals surface area contributed by atoms with Crippen molar-refractivity contribution in [1.82, 2.24) is 0 Å². The monoisotopic (exact) mass is 555 g/mol. The highest BCUT2D eigenvalue weighted by molar-refractivity contribution is 5.79. The normalized spacial score (nSPS) is 12.9. The van der Waals surface area contributed by atoms with Gasteiger partial charge in [0.25, 0.3) is 0 Å². The number of ether oxygens (including phenoxy) is 6. The number of carbonyl (C=O) groups excluding carboxylic acids is 3. The summed E-state index contributed by atoms with van der Waals surface area (Å²) in [5.41, 5.74) is 4.71. The molecule has 2 atom stereocenters. The fourth-order valence-electron chi connectivity index (χ4n) is 3.32. The molecule has 220 valence electrons. The summed E-state index contributed by atoms with van der Waals surface area (Å²) in [7, 11) is 0. The van der Waals surface area contributed by atoms with Crippen LogP contribution in [-0.4, -0.2) is 61.0 Å². The lowest BCUT2D eigenvalue weighted by Gasteiger charge is -2.28. The minimum atomic E-state index is -1.86. The van der Waals surface area contributed by atoms with Gasteiger partial charge in [-0.05, 0) is 43.9 Å². The SMILES string of the molecule is CCCCOC(=O)Oc1ccc(C[C@](N)(C[C@H](C)OC(=O)OCCCC)C(=O)O)cc1OC(=O)OCCCC. The number of aliphatic carboxylic acids is 1. The van der Waals surface area contributed by atoms with E-state index in [0.29, 0.717) is 24.8 Å². The molecule has 0 saturated heterocycles. The van der Waals surface area contributed by atoms with Gasteiger partial charge < -0.3 is 39.3 Å². The van der Waals surface area contributed by atoms with Gasteiger partial charge in [0.2, 0.25) is 0 Å². The standard InChI is InChI=1S/C27H41NO11/c1-5-8-13-34-24(31)37-19(4)17-27(28,23(29)30)18-20-11-12-21(38-25(32)35-14-9-6-2)22(16-20)39-26(33)36-15-10-7-3/h11-12,16,19H,5-10,13-15,17-18,28H2,1-4H3,(H,29,30)/t19-,27+/m0/s1. The van der Waals surface area contributed by atoms with Crippen LogP contribution in [0.25, 0.3) is 0 Å². The molecule has 1 aromatic rings. The zero-order valence-electron chi connectivity index (χ0n) is 23.2. The summed E-state index contributed by atoms with van der Waals surface area (Å²) < 4.78 is 30.5. The lowest BCUT2D eigenvalue weighted by molar-refractivity contribution is -0.144. The third-order valence-electron chi connectivity index (χ3n) is 5.44. The average molecular weight is 556 g/mol. The van der Waals surface area contributed by atoms with Gasteiger partial charge in [0.05, 0.1) is 19.8 Å². The molecular formula is C27H41NO11. The van der Waals surface area contributed by atoms with Crippen molar-refractivity contribution in [3.63, 3.8) is 0 Å². The average Bonchev–Trinajstić information content (AvgIpc) is 2.85. The van der Waals surface area contributed by atoms with Crippen LogP contribution in [0.5, 0.6) is 11.5 Å². The zero-order valence-corrected chi connectivity index (χ0v) is 23.2. The molecule has 0 aliphatic rings. The van der Waals surface area contributed by atoms with Crippen molar-refractivity contribution in [3.05, 3.63) is 23.8 Å². The molecule has 0 fully saturated rings. The van der Waals surface area contributed by atoms with Crippen LogP contribution in [-0.2, 0) is 30.2 Å². The highest BCUT2D eigenvalue weighted by atomic mass is 16.7. The van der Waals surface area contributed by atoms with E-state index >= 15 is 0 Å². The molecular weight excluding hydrogens is 514 g/mol. The van der Waals surface area contributed by atoms with E-state index < -0.39 is 36.1 Å². The molecule has 0 spiro atoms. The van der Waals surface area contributed by atoms with Gasteiger partial charge in [-0.3, -0.25) is 4.79 Å². The van der Waals surface area contributed by atoms with Gasteiger partial charge >= 0.3 is 24.4 Å². The quantitative estimate of drug-likeness (QED) is 0.109. The zero-order chi connectivity index (χ0) is 29.3. The second-order valence-corrected chi connectivity index (χ2v) is 9.11. The van der Waals surface area contributed by atoms with Crippen molar-refractivity contribution in [2.45, 2.75) is 90.7 Å². The summed E-state index contributed by atoms with van der Waals surface area (Å²) in [6.45, 7) is 7.79. The van der Waals surface area contributed by atoms with Gasteiger partial charge in [0.15, 0.2) is 11.5 Å². The maximum Gasteiger partial charge on any atom is 0.513 e. The van der Waals surface area contributed by atoms with Gasteiger partial charge in [-0.1, -0.05) is 46.1 Å². The van der Waals surface area contributed by atoms with E-state index in [1.165, 1.54) is 25.1 Å². The summed E-state index contributed by atoms with van der Waals surface area (Å²) in [4.78, 5) is 48.2. The lowest BCUT2D eigenvalue weighted by atomic mass is 9.86. The molecule has 1 aromatic carbocycles.